The SMILES string of the molecule is CN(C)c1ccc(-c2ccc(O)c(C3=NC(C)(C)CO3)c2)cc1. The third-order valence-corrected chi connectivity index (χ3v) is 3.91. The van der Waals surface area contributed by atoms with Crippen molar-refractivity contribution in [3.63, 3.8) is 0 Å². The molecule has 0 saturated carbocycles. The van der Waals surface area contributed by atoms with Crippen LogP contribution in [0.25, 0.3) is 11.1 Å². The molecule has 23 heavy (non-hydrogen) atoms. The zero-order valence-electron chi connectivity index (χ0n) is 14.0. The number of anilines is 1. The van der Waals surface area contributed by atoms with Crippen LogP contribution in [-0.2, 0) is 4.74 Å². The molecule has 0 saturated heterocycles. The molecule has 0 spiro atoms. The van der Waals surface area contributed by atoms with E-state index in [9.17, 15) is 5.11 Å². The average molecular weight is 310 g/mol. The molecule has 0 aromatic heterocycles. The summed E-state index contributed by atoms with van der Waals surface area (Å²) in [4.78, 5) is 6.62. The van der Waals surface area contributed by atoms with E-state index in [1.807, 2.05) is 40.1 Å². The van der Waals surface area contributed by atoms with Gasteiger partial charge in [-0.05, 0) is 49.2 Å². The van der Waals surface area contributed by atoms with Crippen molar-refractivity contribution in [1.82, 2.24) is 0 Å². The van der Waals surface area contributed by atoms with E-state index in [1.165, 1.54) is 0 Å². The second-order valence-electron chi connectivity index (χ2n) is 6.69. The van der Waals surface area contributed by atoms with E-state index in [0.717, 1.165) is 16.8 Å². The Kier molecular flexibility index (Phi) is 3.76. The first-order chi connectivity index (χ1) is 10.9. The largest absolute Gasteiger partial charge is 0.507 e. The molecule has 2 aromatic carbocycles. The fraction of sp³-hybridized carbons (Fsp3) is 0.316. The van der Waals surface area contributed by atoms with Gasteiger partial charge in [0.25, 0.3) is 0 Å². The Hall–Kier alpha value is -2.49. The summed E-state index contributed by atoms with van der Waals surface area (Å²) >= 11 is 0. The lowest BCUT2D eigenvalue weighted by atomic mass is 10.0. The predicted molar refractivity (Wildman–Crippen MR) is 94.4 cm³/mol. The van der Waals surface area contributed by atoms with E-state index >= 15 is 0 Å². The molecule has 4 nitrogen and oxygen atoms in total. The average Bonchev–Trinajstić information content (AvgIpc) is 2.88. The van der Waals surface area contributed by atoms with Crippen LogP contribution in [0.15, 0.2) is 47.5 Å². The molecule has 1 aliphatic rings. The number of aliphatic imine (C=N–C) groups is 1. The summed E-state index contributed by atoms with van der Waals surface area (Å²) in [6.45, 7) is 4.56. The molecular formula is C19H22N2O2. The monoisotopic (exact) mass is 310 g/mol. The highest BCUT2D eigenvalue weighted by Gasteiger charge is 2.28. The lowest BCUT2D eigenvalue weighted by Gasteiger charge is -2.13. The Labute approximate surface area is 137 Å². The molecule has 0 amide bonds. The predicted octanol–water partition coefficient (Wildman–Crippen LogP) is 3.68. The smallest absolute Gasteiger partial charge is 0.220 e. The molecule has 0 unspecified atom stereocenters. The van der Waals surface area contributed by atoms with Crippen LogP contribution in [0, 0.1) is 0 Å². The summed E-state index contributed by atoms with van der Waals surface area (Å²) in [5.74, 6) is 0.703. The summed E-state index contributed by atoms with van der Waals surface area (Å²) in [6.07, 6.45) is 0. The lowest BCUT2D eigenvalue weighted by molar-refractivity contribution is 0.279. The summed E-state index contributed by atoms with van der Waals surface area (Å²) in [5.41, 5.74) is 3.67. The minimum Gasteiger partial charge on any atom is -0.507 e. The van der Waals surface area contributed by atoms with Gasteiger partial charge in [0, 0.05) is 19.8 Å². The zero-order valence-corrected chi connectivity index (χ0v) is 14.0. The number of rotatable bonds is 3. The van der Waals surface area contributed by atoms with E-state index in [1.54, 1.807) is 6.07 Å². The van der Waals surface area contributed by atoms with E-state index in [-0.39, 0.29) is 11.3 Å². The van der Waals surface area contributed by atoms with E-state index in [4.69, 9.17) is 4.74 Å². The molecule has 3 rings (SSSR count). The minimum absolute atomic E-state index is 0.190. The zero-order chi connectivity index (χ0) is 16.6. The van der Waals surface area contributed by atoms with Gasteiger partial charge >= 0.3 is 0 Å². The molecule has 0 aliphatic carbocycles. The summed E-state index contributed by atoms with van der Waals surface area (Å²) in [7, 11) is 4.04. The van der Waals surface area contributed by atoms with Crippen LogP contribution in [-0.4, -0.2) is 37.2 Å². The first-order valence-corrected chi connectivity index (χ1v) is 7.69. The van der Waals surface area contributed by atoms with Crippen molar-refractivity contribution in [3.8, 4) is 16.9 Å². The summed E-state index contributed by atoms with van der Waals surface area (Å²) < 4.78 is 5.66. The molecule has 2 aromatic rings. The van der Waals surface area contributed by atoms with Gasteiger partial charge in [-0.2, -0.15) is 0 Å². The standard InChI is InChI=1S/C19H22N2O2/c1-19(2)12-23-18(20-19)16-11-14(7-10-17(16)22)13-5-8-15(9-6-13)21(3)4/h5-11,22H,12H2,1-4H3. The van der Waals surface area contributed by atoms with Gasteiger partial charge in [0.1, 0.15) is 12.4 Å². The molecular weight excluding hydrogens is 288 g/mol. The molecule has 0 radical (unpaired) electrons. The van der Waals surface area contributed by atoms with Crippen LogP contribution in [0.4, 0.5) is 5.69 Å². The highest BCUT2D eigenvalue weighted by molar-refractivity contribution is 5.99. The second kappa shape index (κ2) is 5.61. The van der Waals surface area contributed by atoms with Crippen molar-refractivity contribution in [2.45, 2.75) is 19.4 Å². The van der Waals surface area contributed by atoms with Crippen LogP contribution in [0.1, 0.15) is 19.4 Å². The Morgan fingerprint density at radius 1 is 1.04 bits per heavy atom. The fourth-order valence-electron chi connectivity index (χ4n) is 2.56. The number of nitrogens with zero attached hydrogens (tertiary/aromatic N) is 2. The van der Waals surface area contributed by atoms with Gasteiger partial charge < -0.3 is 14.7 Å². The van der Waals surface area contributed by atoms with E-state index < -0.39 is 0 Å². The maximum Gasteiger partial charge on any atom is 0.220 e. The molecule has 0 atom stereocenters. The van der Waals surface area contributed by atoms with Gasteiger partial charge in [0.2, 0.25) is 5.90 Å². The quantitative estimate of drug-likeness (QED) is 0.940. The van der Waals surface area contributed by atoms with Crippen LogP contribution >= 0.6 is 0 Å². The third-order valence-electron chi connectivity index (χ3n) is 3.91. The summed E-state index contributed by atoms with van der Waals surface area (Å²) in [5, 5.41) is 10.2. The Morgan fingerprint density at radius 3 is 2.26 bits per heavy atom. The van der Waals surface area contributed by atoms with Crippen molar-refractivity contribution in [1.29, 1.82) is 0 Å². The van der Waals surface area contributed by atoms with Crippen LogP contribution < -0.4 is 4.90 Å². The highest BCUT2D eigenvalue weighted by atomic mass is 16.5. The van der Waals surface area contributed by atoms with Gasteiger partial charge in [-0.3, -0.25) is 0 Å². The van der Waals surface area contributed by atoms with E-state index in [0.29, 0.717) is 18.1 Å². The van der Waals surface area contributed by atoms with Crippen LogP contribution in [0.5, 0.6) is 5.75 Å². The first kappa shape index (κ1) is 15.4. The van der Waals surface area contributed by atoms with Crippen molar-refractivity contribution in [2.24, 2.45) is 4.99 Å². The van der Waals surface area contributed by atoms with Crippen LogP contribution in [0.3, 0.4) is 0 Å². The summed E-state index contributed by atoms with van der Waals surface area (Å²) in [6, 6.07) is 13.8. The normalized spacial score (nSPS) is 15.9. The van der Waals surface area contributed by atoms with Gasteiger partial charge in [-0.15, -0.1) is 0 Å². The van der Waals surface area contributed by atoms with Crippen molar-refractivity contribution in [3.05, 3.63) is 48.0 Å². The maximum absolute atomic E-state index is 10.2. The molecule has 0 bridgehead atoms. The fourth-order valence-corrected chi connectivity index (χ4v) is 2.56. The Morgan fingerprint density at radius 2 is 1.70 bits per heavy atom. The topological polar surface area (TPSA) is 45.1 Å². The van der Waals surface area contributed by atoms with Gasteiger partial charge in [-0.25, -0.2) is 4.99 Å². The highest BCUT2D eigenvalue weighted by Crippen LogP contribution is 2.30. The number of ether oxygens (including phenoxy) is 1. The molecule has 1 N–H and O–H groups in total. The van der Waals surface area contributed by atoms with Crippen molar-refractivity contribution in [2.75, 3.05) is 25.6 Å². The van der Waals surface area contributed by atoms with Crippen molar-refractivity contribution >= 4 is 11.6 Å². The lowest BCUT2D eigenvalue weighted by Crippen LogP contribution is -2.17. The maximum atomic E-state index is 10.2. The second-order valence-corrected chi connectivity index (χ2v) is 6.69. The number of hydrogen-bond acceptors (Lipinski definition) is 4. The first-order valence-electron chi connectivity index (χ1n) is 7.69. The molecule has 4 heteroatoms. The molecule has 1 heterocycles. The number of benzene rings is 2. The molecule has 120 valence electrons. The number of phenols is 1. The van der Waals surface area contributed by atoms with Gasteiger partial charge in [0.05, 0.1) is 11.1 Å². The minimum atomic E-state index is -0.245. The number of phenolic OH excluding ortho intramolecular Hbond substituents is 1. The Bertz CT molecular complexity index is 746. The van der Waals surface area contributed by atoms with Gasteiger partial charge in [0.15, 0.2) is 0 Å². The van der Waals surface area contributed by atoms with E-state index in [2.05, 4.69) is 34.2 Å². The van der Waals surface area contributed by atoms with Gasteiger partial charge in [-0.1, -0.05) is 18.2 Å². The van der Waals surface area contributed by atoms with Crippen molar-refractivity contribution < 1.29 is 9.84 Å². The third kappa shape index (κ3) is 3.16. The number of hydrogen-bond donors (Lipinski definition) is 1. The Balaban J connectivity index is 1.98. The molecule has 1 aliphatic heterocycles. The van der Waals surface area contributed by atoms with Crippen LogP contribution in [0.2, 0.25) is 0 Å². The number of aromatic hydroxyl groups is 1. The molecule has 0 fully saturated rings.